The van der Waals surface area contributed by atoms with Crippen LogP contribution in [0.3, 0.4) is 0 Å². The predicted molar refractivity (Wildman–Crippen MR) is 137 cm³/mol. The van der Waals surface area contributed by atoms with Crippen molar-refractivity contribution in [1.29, 1.82) is 5.26 Å². The fourth-order valence-corrected chi connectivity index (χ4v) is 7.03. The summed E-state index contributed by atoms with van der Waals surface area (Å²) in [4.78, 5) is 28.6. The van der Waals surface area contributed by atoms with E-state index in [-0.39, 0.29) is 17.7 Å². The number of aryl methyl sites for hydroxylation is 2. The largest absolute Gasteiger partial charge is 0.308 e. The van der Waals surface area contributed by atoms with Gasteiger partial charge in [0.1, 0.15) is 11.1 Å². The number of nitriles is 1. The number of halogens is 1. The number of amides is 2. The van der Waals surface area contributed by atoms with Crippen LogP contribution in [-0.4, -0.2) is 20.6 Å². The van der Waals surface area contributed by atoms with Crippen LogP contribution in [0.5, 0.6) is 0 Å². The summed E-state index contributed by atoms with van der Waals surface area (Å²) in [6.07, 6.45) is 6.08. The molecule has 1 aliphatic carbocycles. The van der Waals surface area contributed by atoms with Crippen molar-refractivity contribution in [2.75, 3.05) is 0 Å². The second kappa shape index (κ2) is 9.10. The summed E-state index contributed by atoms with van der Waals surface area (Å²) >= 11 is 8.61. The third kappa shape index (κ3) is 4.00. The molecule has 0 bridgehead atoms. The monoisotopic (exact) mass is 507 g/mol. The number of carbonyl (C=O) groups excluding carboxylic acids is 2. The number of imide groups is 1. The van der Waals surface area contributed by atoms with Crippen molar-refractivity contribution in [3.8, 4) is 11.1 Å². The van der Waals surface area contributed by atoms with E-state index in [1.165, 1.54) is 21.8 Å². The average molecular weight is 508 g/mol. The molecule has 0 unspecified atom stereocenters. The molecule has 3 aromatic rings. The van der Waals surface area contributed by atoms with Gasteiger partial charge in [-0.25, -0.2) is 0 Å². The topological polar surface area (TPSA) is 66.1 Å². The quantitative estimate of drug-likeness (QED) is 0.364. The summed E-state index contributed by atoms with van der Waals surface area (Å²) in [6, 6.07) is 11.6. The number of nitrogens with zero attached hydrogens (tertiary/aromatic N) is 3. The molecule has 8 heteroatoms. The first-order chi connectivity index (χ1) is 16.4. The minimum atomic E-state index is -0.293. The molecule has 0 saturated carbocycles. The molecule has 0 atom stereocenters. The van der Waals surface area contributed by atoms with Gasteiger partial charge in [0.2, 0.25) is 0 Å². The van der Waals surface area contributed by atoms with E-state index in [0.717, 1.165) is 64.1 Å². The Morgan fingerprint density at radius 3 is 2.62 bits per heavy atom. The van der Waals surface area contributed by atoms with E-state index in [9.17, 15) is 14.9 Å². The minimum absolute atomic E-state index is 0.213. The van der Waals surface area contributed by atoms with Crippen LogP contribution in [0.25, 0.3) is 11.1 Å². The molecule has 0 radical (unpaired) electrons. The zero-order valence-corrected chi connectivity index (χ0v) is 21.2. The average Bonchev–Trinajstić information content (AvgIpc) is 3.41. The second-order valence-corrected chi connectivity index (χ2v) is 11.1. The number of carbonyl (C=O) groups is 2. The number of hydrogen-bond donors (Lipinski definition) is 0. The molecular formula is C26H22ClN3O2S2. The van der Waals surface area contributed by atoms with Crippen molar-refractivity contribution in [3.63, 3.8) is 0 Å². The van der Waals surface area contributed by atoms with E-state index < -0.39 is 0 Å². The van der Waals surface area contributed by atoms with E-state index in [0.29, 0.717) is 9.93 Å². The Kier molecular flexibility index (Phi) is 6.15. The minimum Gasteiger partial charge on any atom is -0.308 e. The van der Waals surface area contributed by atoms with Crippen molar-refractivity contribution in [1.82, 2.24) is 9.47 Å². The normalized spacial score (nSPS) is 16.9. The van der Waals surface area contributed by atoms with Crippen LogP contribution in [0.1, 0.15) is 51.4 Å². The van der Waals surface area contributed by atoms with Crippen LogP contribution >= 0.6 is 34.7 Å². The number of rotatable bonds is 4. The van der Waals surface area contributed by atoms with Gasteiger partial charge in [-0.2, -0.15) is 5.26 Å². The van der Waals surface area contributed by atoms with Gasteiger partial charge in [0.05, 0.1) is 17.0 Å². The van der Waals surface area contributed by atoms with Crippen LogP contribution < -0.4 is 0 Å². The Balaban J connectivity index is 1.47. The maximum atomic E-state index is 13.0. The number of thiophene rings is 1. The lowest BCUT2D eigenvalue weighted by Crippen LogP contribution is -2.27. The molecule has 34 heavy (non-hydrogen) atoms. The Labute approximate surface area is 211 Å². The van der Waals surface area contributed by atoms with E-state index >= 15 is 0 Å². The van der Waals surface area contributed by atoms with Crippen molar-refractivity contribution in [3.05, 3.63) is 78.8 Å². The highest BCUT2D eigenvalue weighted by Gasteiger charge is 2.35. The smallest absolute Gasteiger partial charge is 0.293 e. The molecule has 0 spiro atoms. The summed E-state index contributed by atoms with van der Waals surface area (Å²) < 4.78 is 2.12. The lowest BCUT2D eigenvalue weighted by Gasteiger charge is -2.12. The third-order valence-electron chi connectivity index (χ3n) is 6.35. The molecule has 5 nitrogen and oxygen atoms in total. The van der Waals surface area contributed by atoms with Gasteiger partial charge in [-0.15, -0.1) is 11.3 Å². The number of fused-ring (bicyclic) bond motifs is 1. The van der Waals surface area contributed by atoms with E-state index in [2.05, 4.69) is 10.6 Å². The highest BCUT2D eigenvalue weighted by atomic mass is 35.5. The molecule has 172 valence electrons. The summed E-state index contributed by atoms with van der Waals surface area (Å²) in [7, 11) is 0. The van der Waals surface area contributed by atoms with Gasteiger partial charge in [-0.3, -0.25) is 14.5 Å². The molecule has 2 aliphatic rings. The van der Waals surface area contributed by atoms with Gasteiger partial charge >= 0.3 is 0 Å². The summed E-state index contributed by atoms with van der Waals surface area (Å²) in [5.74, 6) is -0.293. The highest BCUT2D eigenvalue weighted by molar-refractivity contribution is 8.18. The van der Waals surface area contributed by atoms with Gasteiger partial charge in [0.25, 0.3) is 11.1 Å². The molecule has 2 amide bonds. The van der Waals surface area contributed by atoms with Crippen molar-refractivity contribution >= 4 is 51.9 Å². The summed E-state index contributed by atoms with van der Waals surface area (Å²) in [6.45, 7) is 4.22. The molecule has 3 heterocycles. The zero-order chi connectivity index (χ0) is 24.0. The van der Waals surface area contributed by atoms with Gasteiger partial charge in [0, 0.05) is 21.3 Å². The predicted octanol–water partition coefficient (Wildman–Crippen LogP) is 6.80. The highest BCUT2D eigenvalue weighted by Crippen LogP contribution is 2.39. The van der Waals surface area contributed by atoms with Gasteiger partial charge in [-0.05, 0) is 92.3 Å². The first kappa shape index (κ1) is 23.0. The van der Waals surface area contributed by atoms with Gasteiger partial charge in [-0.1, -0.05) is 23.7 Å². The fourth-order valence-electron chi connectivity index (χ4n) is 4.62. The van der Waals surface area contributed by atoms with Gasteiger partial charge in [0.15, 0.2) is 0 Å². The molecule has 2 aromatic heterocycles. The number of hydrogen-bond acceptors (Lipinski definition) is 5. The maximum Gasteiger partial charge on any atom is 0.293 e. The first-order valence-corrected chi connectivity index (χ1v) is 13.1. The first-order valence-electron chi connectivity index (χ1n) is 11.1. The molecule has 1 aromatic carbocycles. The summed E-state index contributed by atoms with van der Waals surface area (Å²) in [5.41, 5.74) is 5.65. The Morgan fingerprint density at radius 1 is 1.15 bits per heavy atom. The Bertz CT molecular complexity index is 1390. The molecule has 1 aliphatic heterocycles. The number of aromatic nitrogens is 1. The van der Waals surface area contributed by atoms with Crippen LogP contribution in [0.4, 0.5) is 4.79 Å². The van der Waals surface area contributed by atoms with Crippen molar-refractivity contribution in [2.24, 2.45) is 0 Å². The number of benzene rings is 1. The summed E-state index contributed by atoms with van der Waals surface area (Å²) in [5, 5.41) is 11.2. The number of thioether (sulfide) groups is 1. The molecule has 0 N–H and O–H groups in total. The Morgan fingerprint density at radius 2 is 1.88 bits per heavy atom. The van der Waals surface area contributed by atoms with Crippen molar-refractivity contribution in [2.45, 2.75) is 46.1 Å². The molecule has 5 rings (SSSR count). The fraction of sp³-hybridized carbons (Fsp3) is 0.269. The molecule has 1 fully saturated rings. The SMILES string of the molecule is Cc1cc(/C=C2\SC(=O)N(Cc3ccc(Cl)cc3)C2=O)c(C)n1-c1sc2c(c1C#N)CCCC2. The van der Waals surface area contributed by atoms with E-state index in [1.807, 2.05) is 32.0 Å². The lowest BCUT2D eigenvalue weighted by molar-refractivity contribution is -0.123. The second-order valence-electron chi connectivity index (χ2n) is 8.56. The van der Waals surface area contributed by atoms with Crippen LogP contribution in [0.15, 0.2) is 35.2 Å². The molecular weight excluding hydrogens is 486 g/mol. The van der Waals surface area contributed by atoms with Crippen molar-refractivity contribution < 1.29 is 9.59 Å². The zero-order valence-electron chi connectivity index (χ0n) is 18.9. The lowest BCUT2D eigenvalue weighted by atomic mass is 9.96. The van der Waals surface area contributed by atoms with E-state index in [4.69, 9.17) is 11.6 Å². The standard InChI is InChI=1S/C26H22ClN3O2S2/c1-15-11-18(16(2)30(15)25-21(13-28)20-5-3-4-6-22(20)33-25)12-23-24(31)29(26(32)34-23)14-17-7-9-19(27)10-8-17/h7-12H,3-6,14H2,1-2H3/b23-12-. The third-order valence-corrected chi connectivity index (χ3v) is 8.79. The maximum absolute atomic E-state index is 13.0. The van der Waals surface area contributed by atoms with Crippen LogP contribution in [-0.2, 0) is 24.2 Å². The van der Waals surface area contributed by atoms with Gasteiger partial charge < -0.3 is 4.57 Å². The van der Waals surface area contributed by atoms with Crippen LogP contribution in [0.2, 0.25) is 5.02 Å². The van der Waals surface area contributed by atoms with E-state index in [1.54, 1.807) is 29.5 Å². The molecule has 1 saturated heterocycles. The van der Waals surface area contributed by atoms with Crippen LogP contribution in [0, 0.1) is 25.2 Å². The Hall–Kier alpha value is -2.79.